The summed E-state index contributed by atoms with van der Waals surface area (Å²) < 4.78 is 17.3. The lowest BCUT2D eigenvalue weighted by Crippen LogP contribution is -2.45. The number of thiocarbonyl (C=S) groups is 1. The van der Waals surface area contributed by atoms with Crippen LogP contribution in [-0.4, -0.2) is 36.4 Å². The second-order valence-corrected chi connectivity index (χ2v) is 10.6. The van der Waals surface area contributed by atoms with Crippen LogP contribution in [-0.2, 0) is 20.9 Å². The summed E-state index contributed by atoms with van der Waals surface area (Å²) in [4.78, 5) is 25.6. The first-order valence-electron chi connectivity index (χ1n) is 14.5. The Kier molecular flexibility index (Phi) is 10.2. The molecule has 1 heterocycles. The minimum Gasteiger partial charge on any atom is -0.488 e. The van der Waals surface area contributed by atoms with Crippen LogP contribution >= 0.6 is 12.2 Å². The third-order valence-electron chi connectivity index (χ3n) is 7.14. The van der Waals surface area contributed by atoms with Gasteiger partial charge in [0.25, 0.3) is 5.91 Å². The SMILES string of the molecule is CCOC(=O)C1=C(C)NC(=S)N[C@@H]1c1ccccc1OCC(=O)NN=Cc1c(OCc2ccc(C#N)cc2)ccc2ccccc12. The molecular formula is C35H31N5O5S. The van der Waals surface area contributed by atoms with Gasteiger partial charge in [0.1, 0.15) is 18.1 Å². The predicted molar refractivity (Wildman–Crippen MR) is 178 cm³/mol. The highest BCUT2D eigenvalue weighted by atomic mass is 32.1. The van der Waals surface area contributed by atoms with E-state index in [1.807, 2.05) is 54.6 Å². The summed E-state index contributed by atoms with van der Waals surface area (Å²) in [5.41, 5.74) is 6.26. The molecule has 1 aliphatic rings. The number of amides is 1. The van der Waals surface area contributed by atoms with Gasteiger partial charge in [-0.05, 0) is 66.7 Å². The number of hydrazone groups is 1. The Labute approximate surface area is 271 Å². The minimum atomic E-state index is -0.640. The number of fused-ring (bicyclic) bond motifs is 1. The van der Waals surface area contributed by atoms with Crippen LogP contribution in [0.5, 0.6) is 11.5 Å². The first-order chi connectivity index (χ1) is 22.4. The third-order valence-corrected chi connectivity index (χ3v) is 7.36. The molecule has 0 saturated carbocycles. The number of carbonyl (C=O) groups is 2. The number of para-hydroxylation sites is 1. The van der Waals surface area contributed by atoms with Crippen LogP contribution in [0, 0.1) is 11.3 Å². The Bertz CT molecular complexity index is 1880. The number of nitriles is 1. The van der Waals surface area contributed by atoms with E-state index in [0.29, 0.717) is 44.6 Å². The molecule has 4 aromatic carbocycles. The molecule has 5 rings (SSSR count). The predicted octanol–water partition coefficient (Wildman–Crippen LogP) is 5.18. The van der Waals surface area contributed by atoms with Gasteiger partial charge >= 0.3 is 5.97 Å². The fraction of sp³-hybridized carbons (Fsp3) is 0.171. The van der Waals surface area contributed by atoms with E-state index in [4.69, 9.17) is 31.7 Å². The zero-order chi connectivity index (χ0) is 32.5. The van der Waals surface area contributed by atoms with Crippen molar-refractivity contribution < 1.29 is 23.8 Å². The minimum absolute atomic E-state index is 0.217. The molecule has 0 spiro atoms. The average Bonchev–Trinajstić information content (AvgIpc) is 3.07. The van der Waals surface area contributed by atoms with Crippen LogP contribution < -0.4 is 25.5 Å². The fourth-order valence-corrected chi connectivity index (χ4v) is 5.24. The zero-order valence-electron chi connectivity index (χ0n) is 25.2. The lowest BCUT2D eigenvalue weighted by Gasteiger charge is -2.30. The number of nitrogens with zero attached hydrogens (tertiary/aromatic N) is 2. The topological polar surface area (TPSA) is 134 Å². The molecule has 0 aliphatic carbocycles. The number of hydrogen-bond acceptors (Lipinski definition) is 8. The molecule has 0 saturated heterocycles. The van der Waals surface area contributed by atoms with E-state index in [2.05, 4.69) is 27.2 Å². The van der Waals surface area contributed by atoms with Gasteiger partial charge in [-0.1, -0.05) is 60.7 Å². The van der Waals surface area contributed by atoms with Gasteiger partial charge in [0, 0.05) is 16.8 Å². The van der Waals surface area contributed by atoms with Gasteiger partial charge in [-0.3, -0.25) is 4.79 Å². The van der Waals surface area contributed by atoms with E-state index in [9.17, 15) is 9.59 Å². The molecule has 0 radical (unpaired) electrons. The van der Waals surface area contributed by atoms with E-state index in [-0.39, 0.29) is 19.8 Å². The smallest absolute Gasteiger partial charge is 0.338 e. The second kappa shape index (κ2) is 14.8. The van der Waals surface area contributed by atoms with Gasteiger partial charge in [-0.15, -0.1) is 0 Å². The molecule has 46 heavy (non-hydrogen) atoms. The molecular weight excluding hydrogens is 602 g/mol. The van der Waals surface area contributed by atoms with Crippen molar-refractivity contribution in [1.29, 1.82) is 5.26 Å². The molecule has 232 valence electrons. The highest BCUT2D eigenvalue weighted by Gasteiger charge is 2.32. The summed E-state index contributed by atoms with van der Waals surface area (Å²) in [6, 6.07) is 27.3. The molecule has 4 aromatic rings. The van der Waals surface area contributed by atoms with Gasteiger partial charge in [0.2, 0.25) is 0 Å². The summed E-state index contributed by atoms with van der Waals surface area (Å²) in [6.07, 6.45) is 1.54. The summed E-state index contributed by atoms with van der Waals surface area (Å²) in [6.45, 7) is 3.66. The van der Waals surface area contributed by atoms with E-state index < -0.39 is 17.9 Å². The molecule has 0 fully saturated rings. The van der Waals surface area contributed by atoms with Gasteiger partial charge in [0.05, 0.1) is 36.1 Å². The van der Waals surface area contributed by atoms with Gasteiger partial charge < -0.3 is 24.8 Å². The molecule has 0 aromatic heterocycles. The van der Waals surface area contributed by atoms with Gasteiger partial charge in [0.15, 0.2) is 11.7 Å². The normalized spacial score (nSPS) is 14.3. The van der Waals surface area contributed by atoms with Crippen molar-refractivity contribution in [2.24, 2.45) is 5.10 Å². The van der Waals surface area contributed by atoms with Crippen molar-refractivity contribution in [1.82, 2.24) is 16.1 Å². The number of carbonyl (C=O) groups excluding carboxylic acids is 2. The number of nitrogens with one attached hydrogen (secondary N) is 3. The van der Waals surface area contributed by atoms with Crippen molar-refractivity contribution in [2.45, 2.75) is 26.5 Å². The van der Waals surface area contributed by atoms with E-state index in [1.54, 1.807) is 50.4 Å². The Morgan fingerprint density at radius 2 is 1.76 bits per heavy atom. The van der Waals surface area contributed by atoms with Crippen LogP contribution in [0.4, 0.5) is 0 Å². The van der Waals surface area contributed by atoms with E-state index in [1.165, 1.54) is 0 Å². The van der Waals surface area contributed by atoms with Crippen LogP contribution in [0.3, 0.4) is 0 Å². The molecule has 10 nitrogen and oxygen atoms in total. The van der Waals surface area contributed by atoms with E-state index >= 15 is 0 Å². The summed E-state index contributed by atoms with van der Waals surface area (Å²) in [7, 11) is 0. The van der Waals surface area contributed by atoms with Crippen molar-refractivity contribution >= 4 is 46.2 Å². The van der Waals surface area contributed by atoms with Crippen LogP contribution in [0.25, 0.3) is 10.8 Å². The number of hydrogen-bond donors (Lipinski definition) is 3. The molecule has 1 atom stereocenters. The number of ether oxygens (including phenoxy) is 3. The maximum atomic E-state index is 12.8. The summed E-state index contributed by atoms with van der Waals surface area (Å²) in [5.74, 6) is 0.00545. The first-order valence-corrected chi connectivity index (χ1v) is 14.9. The highest BCUT2D eigenvalue weighted by Crippen LogP contribution is 2.33. The summed E-state index contributed by atoms with van der Waals surface area (Å²) in [5, 5.41) is 21.6. The fourth-order valence-electron chi connectivity index (χ4n) is 4.97. The standard InChI is InChI=1S/C35H31N5O5S/c1-3-43-34(42)32-22(2)38-35(46)39-33(32)27-10-6-7-11-29(27)45-21-31(41)40-37-19-28-26-9-5-4-8-25(26)16-17-30(28)44-20-24-14-12-23(18-36)13-15-24/h4-17,19,33H,3,20-21H2,1-2H3,(H,40,41)(H2,38,39,46)/t33-/m1/s1. The van der Waals surface area contributed by atoms with Crippen molar-refractivity contribution in [3.05, 3.63) is 118 Å². The third kappa shape index (κ3) is 7.49. The Morgan fingerprint density at radius 3 is 2.54 bits per heavy atom. The number of rotatable bonds is 11. The maximum absolute atomic E-state index is 12.8. The first kappa shape index (κ1) is 31.7. The van der Waals surface area contributed by atoms with Crippen LogP contribution in [0.15, 0.2) is 101 Å². The molecule has 0 bridgehead atoms. The van der Waals surface area contributed by atoms with Crippen molar-refractivity contribution in [3.8, 4) is 17.6 Å². The van der Waals surface area contributed by atoms with Gasteiger partial charge in [-0.2, -0.15) is 10.4 Å². The Balaban J connectivity index is 1.29. The highest BCUT2D eigenvalue weighted by molar-refractivity contribution is 7.80. The molecule has 3 N–H and O–H groups in total. The summed E-state index contributed by atoms with van der Waals surface area (Å²) >= 11 is 5.34. The maximum Gasteiger partial charge on any atom is 0.338 e. The second-order valence-electron chi connectivity index (χ2n) is 10.2. The quantitative estimate of drug-likeness (QED) is 0.0885. The largest absolute Gasteiger partial charge is 0.488 e. The number of allylic oxidation sites excluding steroid dienone is 1. The van der Waals surface area contributed by atoms with Crippen LogP contribution in [0.1, 0.15) is 42.1 Å². The molecule has 1 amide bonds. The van der Waals surface area contributed by atoms with Crippen molar-refractivity contribution in [3.63, 3.8) is 0 Å². The lowest BCUT2D eigenvalue weighted by atomic mass is 9.95. The van der Waals surface area contributed by atoms with Gasteiger partial charge in [-0.25, -0.2) is 10.2 Å². The Morgan fingerprint density at radius 1 is 1.00 bits per heavy atom. The number of esters is 1. The zero-order valence-corrected chi connectivity index (χ0v) is 26.0. The molecule has 0 unspecified atom stereocenters. The average molecular weight is 634 g/mol. The lowest BCUT2D eigenvalue weighted by molar-refractivity contribution is -0.139. The monoisotopic (exact) mass is 633 g/mol. The van der Waals surface area contributed by atoms with E-state index in [0.717, 1.165) is 16.3 Å². The molecule has 11 heteroatoms. The number of benzene rings is 4. The molecule has 1 aliphatic heterocycles. The van der Waals surface area contributed by atoms with Crippen LogP contribution in [0.2, 0.25) is 0 Å². The Hall–Kier alpha value is -5.73. The van der Waals surface area contributed by atoms with Crippen molar-refractivity contribution in [2.75, 3.05) is 13.2 Å².